The van der Waals surface area contributed by atoms with E-state index in [1.165, 1.54) is 0 Å². The molecular weight excluding hydrogens is 148 g/mol. The second-order valence-electron chi connectivity index (χ2n) is 2.33. The minimum atomic E-state index is -0.687. The number of aliphatic carboxylic acids is 1. The number of carboxylic acid groups (broad SMARTS) is 1. The Kier molecular flexibility index (Phi) is 5.49. The van der Waals surface area contributed by atoms with Crippen LogP contribution in [-0.2, 0) is 4.79 Å². The molecule has 60 valence electrons. The molecule has 1 atom stereocenters. The van der Waals surface area contributed by atoms with Crippen LogP contribution in [-0.4, -0.2) is 22.6 Å². The summed E-state index contributed by atoms with van der Waals surface area (Å²) in [5.41, 5.74) is 0. The van der Waals surface area contributed by atoms with Gasteiger partial charge in [-0.15, -0.1) is 0 Å². The van der Waals surface area contributed by atoms with Crippen molar-refractivity contribution in [1.29, 1.82) is 0 Å². The van der Waals surface area contributed by atoms with E-state index in [9.17, 15) is 4.79 Å². The Morgan fingerprint density at radius 2 is 2.30 bits per heavy atom. The smallest absolute Gasteiger partial charge is 0.303 e. The highest BCUT2D eigenvalue weighted by atomic mass is 32.2. The van der Waals surface area contributed by atoms with Crippen LogP contribution in [0.1, 0.15) is 26.2 Å². The molecule has 3 heteroatoms. The summed E-state index contributed by atoms with van der Waals surface area (Å²) in [6.07, 6.45) is 4.17. The molecule has 0 aliphatic carbocycles. The van der Waals surface area contributed by atoms with Crippen LogP contribution >= 0.6 is 11.8 Å². The summed E-state index contributed by atoms with van der Waals surface area (Å²) in [4.78, 5) is 10.1. The molecule has 0 aromatic carbocycles. The largest absolute Gasteiger partial charge is 0.481 e. The molecule has 0 spiro atoms. The quantitative estimate of drug-likeness (QED) is 0.671. The van der Waals surface area contributed by atoms with Crippen LogP contribution in [0.5, 0.6) is 0 Å². The normalized spacial score (nSPS) is 13.0. The van der Waals surface area contributed by atoms with Crippen molar-refractivity contribution in [3.63, 3.8) is 0 Å². The van der Waals surface area contributed by atoms with Gasteiger partial charge >= 0.3 is 5.97 Å². The van der Waals surface area contributed by atoms with Crippen LogP contribution in [0.2, 0.25) is 0 Å². The number of hydrogen-bond acceptors (Lipinski definition) is 2. The fourth-order valence-corrected chi connectivity index (χ4v) is 1.06. The zero-order chi connectivity index (χ0) is 7.98. The minimum absolute atomic E-state index is 0.310. The Morgan fingerprint density at radius 3 is 2.70 bits per heavy atom. The number of carboxylic acids is 1. The molecule has 1 unspecified atom stereocenters. The molecule has 0 saturated heterocycles. The lowest BCUT2D eigenvalue weighted by atomic mass is 10.2. The summed E-state index contributed by atoms with van der Waals surface area (Å²) in [5.74, 6) is -0.687. The standard InChI is InChI=1S/C7H14O2S/c1-6(10-2)4-3-5-7(8)9/h6H,3-5H2,1-2H3,(H,8,9). The first kappa shape index (κ1) is 9.82. The van der Waals surface area contributed by atoms with Gasteiger partial charge in [-0.2, -0.15) is 11.8 Å². The Labute approximate surface area is 66.0 Å². The predicted molar refractivity (Wildman–Crippen MR) is 44.5 cm³/mol. The Morgan fingerprint density at radius 1 is 1.70 bits per heavy atom. The zero-order valence-corrected chi connectivity index (χ0v) is 7.28. The number of rotatable bonds is 5. The molecule has 0 heterocycles. The highest BCUT2D eigenvalue weighted by Gasteiger charge is 2.00. The van der Waals surface area contributed by atoms with Gasteiger partial charge in [0.15, 0.2) is 0 Å². The molecule has 0 saturated carbocycles. The Balaban J connectivity index is 3.11. The Bertz CT molecular complexity index is 104. The molecule has 0 rings (SSSR count). The van der Waals surface area contributed by atoms with Crippen LogP contribution in [0.15, 0.2) is 0 Å². The lowest BCUT2D eigenvalue weighted by Crippen LogP contribution is -1.99. The van der Waals surface area contributed by atoms with Gasteiger partial charge in [0, 0.05) is 11.7 Å². The van der Waals surface area contributed by atoms with Gasteiger partial charge in [-0.1, -0.05) is 6.92 Å². The summed E-state index contributed by atoms with van der Waals surface area (Å²) in [7, 11) is 0. The molecule has 0 fully saturated rings. The maximum absolute atomic E-state index is 10.1. The van der Waals surface area contributed by atoms with Crippen molar-refractivity contribution >= 4 is 17.7 Å². The van der Waals surface area contributed by atoms with Gasteiger partial charge in [-0.3, -0.25) is 4.79 Å². The molecule has 0 radical (unpaired) electrons. The second kappa shape index (κ2) is 5.59. The first-order valence-corrected chi connectivity index (χ1v) is 4.70. The van der Waals surface area contributed by atoms with Crippen LogP contribution in [0.3, 0.4) is 0 Å². The fraction of sp³-hybridized carbons (Fsp3) is 0.857. The lowest BCUT2D eigenvalue weighted by Gasteiger charge is -2.04. The van der Waals surface area contributed by atoms with E-state index in [4.69, 9.17) is 5.11 Å². The monoisotopic (exact) mass is 162 g/mol. The SMILES string of the molecule is CSC(C)CCCC(=O)O. The van der Waals surface area contributed by atoms with Crippen LogP contribution in [0, 0.1) is 0 Å². The molecule has 0 aliphatic rings. The summed E-state index contributed by atoms with van der Waals surface area (Å²) in [6, 6.07) is 0. The average Bonchev–Trinajstić information content (AvgIpc) is 1.87. The van der Waals surface area contributed by atoms with E-state index in [1.54, 1.807) is 11.8 Å². The molecule has 2 nitrogen and oxygen atoms in total. The number of thioether (sulfide) groups is 1. The summed E-state index contributed by atoms with van der Waals surface area (Å²) >= 11 is 1.78. The van der Waals surface area contributed by atoms with Gasteiger partial charge in [0.2, 0.25) is 0 Å². The van der Waals surface area contributed by atoms with Gasteiger partial charge in [0.25, 0.3) is 0 Å². The fourth-order valence-electron chi connectivity index (χ4n) is 0.659. The first-order valence-electron chi connectivity index (χ1n) is 3.41. The van der Waals surface area contributed by atoms with Crippen LogP contribution in [0.4, 0.5) is 0 Å². The molecule has 1 N–H and O–H groups in total. The van der Waals surface area contributed by atoms with E-state index >= 15 is 0 Å². The molecule has 0 amide bonds. The van der Waals surface area contributed by atoms with E-state index in [0.717, 1.165) is 12.8 Å². The van der Waals surface area contributed by atoms with Crippen LogP contribution in [0.25, 0.3) is 0 Å². The molecule has 10 heavy (non-hydrogen) atoms. The van der Waals surface area contributed by atoms with Crippen molar-refractivity contribution in [1.82, 2.24) is 0 Å². The van der Waals surface area contributed by atoms with Gasteiger partial charge in [-0.25, -0.2) is 0 Å². The Hall–Kier alpha value is -0.180. The lowest BCUT2D eigenvalue weighted by molar-refractivity contribution is -0.137. The van der Waals surface area contributed by atoms with Gasteiger partial charge < -0.3 is 5.11 Å². The third kappa shape index (κ3) is 5.95. The maximum atomic E-state index is 10.1. The van der Waals surface area contributed by atoms with Crippen molar-refractivity contribution < 1.29 is 9.90 Å². The first-order chi connectivity index (χ1) is 4.66. The third-order valence-corrected chi connectivity index (χ3v) is 2.44. The van der Waals surface area contributed by atoms with E-state index in [0.29, 0.717) is 11.7 Å². The van der Waals surface area contributed by atoms with Crippen molar-refractivity contribution in [2.45, 2.75) is 31.4 Å². The number of carbonyl (C=O) groups is 1. The predicted octanol–water partition coefficient (Wildman–Crippen LogP) is 1.99. The van der Waals surface area contributed by atoms with Gasteiger partial charge in [-0.05, 0) is 19.1 Å². The van der Waals surface area contributed by atoms with Crippen molar-refractivity contribution in [2.75, 3.05) is 6.26 Å². The highest BCUT2D eigenvalue weighted by Crippen LogP contribution is 2.12. The summed E-state index contributed by atoms with van der Waals surface area (Å²) in [6.45, 7) is 2.12. The van der Waals surface area contributed by atoms with E-state index in [1.807, 2.05) is 6.26 Å². The average molecular weight is 162 g/mol. The number of hydrogen-bond donors (Lipinski definition) is 1. The van der Waals surface area contributed by atoms with Crippen LogP contribution < -0.4 is 0 Å². The molecule has 0 aromatic heterocycles. The van der Waals surface area contributed by atoms with Crippen molar-refractivity contribution in [3.8, 4) is 0 Å². The molecular formula is C7H14O2S. The van der Waals surface area contributed by atoms with E-state index in [2.05, 4.69) is 6.92 Å². The maximum Gasteiger partial charge on any atom is 0.303 e. The van der Waals surface area contributed by atoms with Crippen molar-refractivity contribution in [2.24, 2.45) is 0 Å². The van der Waals surface area contributed by atoms with Crippen molar-refractivity contribution in [3.05, 3.63) is 0 Å². The van der Waals surface area contributed by atoms with E-state index in [-0.39, 0.29) is 0 Å². The van der Waals surface area contributed by atoms with Gasteiger partial charge in [0.1, 0.15) is 0 Å². The minimum Gasteiger partial charge on any atom is -0.481 e. The molecule has 0 bridgehead atoms. The summed E-state index contributed by atoms with van der Waals surface area (Å²) in [5, 5.41) is 8.89. The molecule has 0 aliphatic heterocycles. The summed E-state index contributed by atoms with van der Waals surface area (Å²) < 4.78 is 0. The topological polar surface area (TPSA) is 37.3 Å². The van der Waals surface area contributed by atoms with Gasteiger partial charge in [0.05, 0.1) is 0 Å². The third-order valence-electron chi connectivity index (χ3n) is 1.40. The second-order valence-corrected chi connectivity index (χ2v) is 3.61. The molecule has 0 aromatic rings. The zero-order valence-electron chi connectivity index (χ0n) is 6.46. The highest BCUT2D eigenvalue weighted by molar-refractivity contribution is 7.99. The van der Waals surface area contributed by atoms with E-state index < -0.39 is 5.97 Å².